The predicted molar refractivity (Wildman–Crippen MR) is 116 cm³/mol. The summed E-state index contributed by atoms with van der Waals surface area (Å²) < 4.78 is 5.32. The van der Waals surface area contributed by atoms with E-state index in [1.807, 2.05) is 40.7 Å². The van der Waals surface area contributed by atoms with Crippen molar-refractivity contribution in [2.45, 2.75) is 52.3 Å². The summed E-state index contributed by atoms with van der Waals surface area (Å²) in [7, 11) is 3.83. The summed E-state index contributed by atoms with van der Waals surface area (Å²) >= 11 is 0. The molecule has 1 aromatic rings. The van der Waals surface area contributed by atoms with E-state index in [4.69, 9.17) is 4.74 Å². The number of carbonyl (C=O) groups excluding carboxylic acids is 1. The fourth-order valence-corrected chi connectivity index (χ4v) is 2.49. The van der Waals surface area contributed by atoms with Crippen molar-refractivity contribution >= 4 is 12.1 Å². The molecular formula is C21H37N5O2. The lowest BCUT2D eigenvalue weighted by Gasteiger charge is -2.29. The Morgan fingerprint density at radius 3 is 2.32 bits per heavy atom. The number of hydrogen-bond acceptors (Lipinski definition) is 4. The van der Waals surface area contributed by atoms with Gasteiger partial charge in [-0.2, -0.15) is 0 Å². The summed E-state index contributed by atoms with van der Waals surface area (Å²) in [5.74, 6) is 0.701. The second-order valence-corrected chi connectivity index (χ2v) is 8.59. The Balaban J connectivity index is 2.34. The van der Waals surface area contributed by atoms with E-state index in [1.165, 1.54) is 5.56 Å². The van der Waals surface area contributed by atoms with Crippen molar-refractivity contribution in [1.29, 1.82) is 0 Å². The highest BCUT2D eigenvalue weighted by Crippen LogP contribution is 2.09. The van der Waals surface area contributed by atoms with Gasteiger partial charge < -0.3 is 25.6 Å². The molecule has 3 N–H and O–H groups in total. The number of likely N-dealkylation sites (N-methyl/N-ethyl adjacent to an activating group) is 1. The molecule has 1 amide bonds. The zero-order valence-corrected chi connectivity index (χ0v) is 18.4. The summed E-state index contributed by atoms with van der Waals surface area (Å²) in [5, 5.41) is 9.43. The van der Waals surface area contributed by atoms with Crippen LogP contribution in [-0.4, -0.2) is 61.8 Å². The van der Waals surface area contributed by atoms with Crippen molar-refractivity contribution in [2.24, 2.45) is 4.99 Å². The summed E-state index contributed by atoms with van der Waals surface area (Å²) in [6.07, 6.45) is -0.426. The number of amides is 1. The molecule has 0 aliphatic heterocycles. The minimum Gasteiger partial charge on any atom is -0.444 e. The first-order chi connectivity index (χ1) is 13.0. The van der Waals surface area contributed by atoms with Gasteiger partial charge in [0.2, 0.25) is 0 Å². The van der Waals surface area contributed by atoms with Crippen LogP contribution in [0, 0.1) is 0 Å². The average molecular weight is 392 g/mol. The molecule has 0 aliphatic carbocycles. The average Bonchev–Trinajstić information content (AvgIpc) is 2.56. The molecule has 0 unspecified atom stereocenters. The molecule has 0 saturated carbocycles. The second-order valence-electron chi connectivity index (χ2n) is 8.59. The van der Waals surface area contributed by atoms with Crippen molar-refractivity contribution in [3.63, 3.8) is 0 Å². The van der Waals surface area contributed by atoms with Gasteiger partial charge in [-0.25, -0.2) is 4.79 Å². The Hall–Kier alpha value is -2.28. The van der Waals surface area contributed by atoms with Crippen LogP contribution in [-0.2, 0) is 11.3 Å². The zero-order valence-electron chi connectivity index (χ0n) is 18.4. The van der Waals surface area contributed by atoms with E-state index in [9.17, 15) is 4.79 Å². The van der Waals surface area contributed by atoms with Crippen LogP contribution in [0.4, 0.5) is 4.79 Å². The van der Waals surface area contributed by atoms with Gasteiger partial charge in [-0.15, -0.1) is 0 Å². The molecule has 7 heteroatoms. The van der Waals surface area contributed by atoms with Crippen LogP contribution in [0.5, 0.6) is 0 Å². The van der Waals surface area contributed by atoms with Gasteiger partial charge in [0, 0.05) is 33.2 Å². The first kappa shape index (κ1) is 23.8. The molecule has 0 spiro atoms. The number of nitrogens with one attached hydrogen (secondary N) is 3. The van der Waals surface area contributed by atoms with Gasteiger partial charge in [-0.1, -0.05) is 30.3 Å². The molecule has 0 fully saturated rings. The topological polar surface area (TPSA) is 78.0 Å². The smallest absolute Gasteiger partial charge is 0.408 e. The van der Waals surface area contributed by atoms with E-state index >= 15 is 0 Å². The predicted octanol–water partition coefficient (Wildman–Crippen LogP) is 2.59. The van der Waals surface area contributed by atoms with E-state index in [1.54, 1.807) is 7.05 Å². The van der Waals surface area contributed by atoms with Crippen LogP contribution in [0.3, 0.4) is 0 Å². The molecule has 7 nitrogen and oxygen atoms in total. The fourth-order valence-electron chi connectivity index (χ4n) is 2.49. The van der Waals surface area contributed by atoms with Gasteiger partial charge in [0.1, 0.15) is 5.60 Å². The maximum absolute atomic E-state index is 12.0. The molecule has 1 aromatic carbocycles. The standard InChI is InChI=1S/C21H37N5O2/c1-20(2,3)28-19(27)25-21(4,5)16-24-18(22-6)23-13-14-26(7)15-17-11-9-8-10-12-17/h8-12H,13-16H2,1-7H3,(H,25,27)(H2,22,23,24). The minimum atomic E-state index is -0.517. The van der Waals surface area contributed by atoms with Crippen LogP contribution in [0.15, 0.2) is 35.3 Å². The van der Waals surface area contributed by atoms with Gasteiger partial charge in [0.25, 0.3) is 0 Å². The van der Waals surface area contributed by atoms with Crippen LogP contribution < -0.4 is 16.0 Å². The zero-order chi connectivity index (χ0) is 21.2. The monoisotopic (exact) mass is 391 g/mol. The number of aliphatic imine (C=N–C) groups is 1. The maximum Gasteiger partial charge on any atom is 0.408 e. The third kappa shape index (κ3) is 10.8. The van der Waals surface area contributed by atoms with E-state index in [-0.39, 0.29) is 0 Å². The molecule has 0 radical (unpaired) electrons. The molecule has 0 heterocycles. The van der Waals surface area contributed by atoms with Gasteiger partial charge >= 0.3 is 6.09 Å². The van der Waals surface area contributed by atoms with E-state index in [0.29, 0.717) is 12.5 Å². The molecule has 0 atom stereocenters. The number of guanidine groups is 1. The van der Waals surface area contributed by atoms with Crippen LogP contribution in [0.2, 0.25) is 0 Å². The highest BCUT2D eigenvalue weighted by molar-refractivity contribution is 5.79. The Bertz CT molecular complexity index is 623. The Labute approximate surface area is 169 Å². The quantitative estimate of drug-likeness (QED) is 0.469. The lowest BCUT2D eigenvalue weighted by molar-refractivity contribution is 0.0474. The van der Waals surface area contributed by atoms with Crippen molar-refractivity contribution in [3.05, 3.63) is 35.9 Å². The molecule has 1 rings (SSSR count). The molecule has 28 heavy (non-hydrogen) atoms. The number of hydrogen-bond donors (Lipinski definition) is 3. The lowest BCUT2D eigenvalue weighted by Crippen LogP contribution is -2.54. The molecule has 158 valence electrons. The van der Waals surface area contributed by atoms with Crippen LogP contribution >= 0.6 is 0 Å². The fraction of sp³-hybridized carbons (Fsp3) is 0.619. The Morgan fingerprint density at radius 1 is 1.11 bits per heavy atom. The first-order valence-electron chi connectivity index (χ1n) is 9.69. The molecule has 0 aromatic heterocycles. The highest BCUT2D eigenvalue weighted by atomic mass is 16.6. The van der Waals surface area contributed by atoms with Gasteiger partial charge in [-0.05, 0) is 47.2 Å². The van der Waals surface area contributed by atoms with E-state index in [0.717, 1.165) is 19.6 Å². The summed E-state index contributed by atoms with van der Waals surface area (Å²) in [6.45, 7) is 12.5. The van der Waals surface area contributed by atoms with Crippen LogP contribution in [0.25, 0.3) is 0 Å². The maximum atomic E-state index is 12.0. The molecule has 0 saturated heterocycles. The Kier molecular flexibility index (Phi) is 9.25. The van der Waals surface area contributed by atoms with Crippen LogP contribution in [0.1, 0.15) is 40.2 Å². The number of ether oxygens (including phenoxy) is 1. The third-order valence-electron chi connectivity index (χ3n) is 3.84. The second kappa shape index (κ2) is 10.9. The SMILES string of the molecule is CN=C(NCCN(C)Cc1ccccc1)NCC(C)(C)NC(=O)OC(C)(C)C. The van der Waals surface area contributed by atoms with E-state index < -0.39 is 17.2 Å². The van der Waals surface area contributed by atoms with Gasteiger partial charge in [-0.3, -0.25) is 4.99 Å². The number of rotatable bonds is 8. The van der Waals surface area contributed by atoms with Crippen molar-refractivity contribution in [3.8, 4) is 0 Å². The minimum absolute atomic E-state index is 0.426. The largest absolute Gasteiger partial charge is 0.444 e. The first-order valence-corrected chi connectivity index (χ1v) is 9.69. The lowest BCUT2D eigenvalue weighted by atomic mass is 10.1. The number of benzene rings is 1. The van der Waals surface area contributed by atoms with Crippen molar-refractivity contribution in [2.75, 3.05) is 33.7 Å². The van der Waals surface area contributed by atoms with Crippen molar-refractivity contribution < 1.29 is 9.53 Å². The van der Waals surface area contributed by atoms with Gasteiger partial charge in [0.05, 0.1) is 5.54 Å². The van der Waals surface area contributed by atoms with E-state index in [2.05, 4.69) is 57.2 Å². The third-order valence-corrected chi connectivity index (χ3v) is 3.84. The summed E-state index contributed by atoms with van der Waals surface area (Å²) in [6, 6.07) is 10.4. The number of carbonyl (C=O) groups is 1. The molecule has 0 aliphatic rings. The summed E-state index contributed by atoms with van der Waals surface area (Å²) in [5.41, 5.74) is 0.295. The van der Waals surface area contributed by atoms with Crippen molar-refractivity contribution in [1.82, 2.24) is 20.9 Å². The Morgan fingerprint density at radius 2 is 1.75 bits per heavy atom. The van der Waals surface area contributed by atoms with Gasteiger partial charge in [0.15, 0.2) is 5.96 Å². The summed E-state index contributed by atoms with van der Waals surface area (Å²) in [4.78, 5) is 18.5. The number of alkyl carbamates (subject to hydrolysis) is 1. The molecular weight excluding hydrogens is 354 g/mol. The molecule has 0 bridgehead atoms. The number of nitrogens with zero attached hydrogens (tertiary/aromatic N) is 2. The highest BCUT2D eigenvalue weighted by Gasteiger charge is 2.24. The normalized spacial score (nSPS) is 12.6.